The zero-order valence-electron chi connectivity index (χ0n) is 14.8. The monoisotopic (exact) mass is 394 g/mol. The van der Waals surface area contributed by atoms with E-state index in [1.165, 1.54) is 34.9 Å². The third-order valence-corrected chi connectivity index (χ3v) is 7.23. The molecule has 1 aliphatic rings. The number of aryl methyl sites for hydroxylation is 1. The Morgan fingerprint density at radius 2 is 1.88 bits per heavy atom. The van der Waals surface area contributed by atoms with Gasteiger partial charge in [-0.3, -0.25) is 4.79 Å². The van der Waals surface area contributed by atoms with Crippen molar-refractivity contribution in [3.05, 3.63) is 40.1 Å². The van der Waals surface area contributed by atoms with Crippen LogP contribution in [0.1, 0.15) is 33.8 Å². The standard InChI is InChI=1S/C18H22N2O4S2/c1-13-6-9-17(25-13)18(21)19-15-12-14(7-8-16(15)24-2)26(22,23)20-10-4-3-5-11-20/h6-9,12H,3-5,10-11H2,1-2H3,(H,19,21). The van der Waals surface area contributed by atoms with Crippen molar-refractivity contribution in [3.8, 4) is 5.75 Å². The van der Waals surface area contributed by atoms with E-state index in [9.17, 15) is 13.2 Å². The lowest BCUT2D eigenvalue weighted by Crippen LogP contribution is -2.35. The smallest absolute Gasteiger partial charge is 0.265 e. The molecule has 2 heterocycles. The summed E-state index contributed by atoms with van der Waals surface area (Å²) in [6.07, 6.45) is 2.80. The van der Waals surface area contributed by atoms with Crippen LogP contribution in [0.3, 0.4) is 0 Å². The first-order chi connectivity index (χ1) is 12.4. The molecule has 0 aliphatic carbocycles. The van der Waals surface area contributed by atoms with Gasteiger partial charge in [-0.05, 0) is 50.1 Å². The molecule has 0 bridgehead atoms. The topological polar surface area (TPSA) is 75.7 Å². The SMILES string of the molecule is COc1ccc(S(=O)(=O)N2CCCCC2)cc1NC(=O)c1ccc(C)s1. The van der Waals surface area contributed by atoms with Gasteiger partial charge < -0.3 is 10.1 Å². The molecule has 8 heteroatoms. The maximum absolute atomic E-state index is 12.9. The minimum absolute atomic E-state index is 0.165. The van der Waals surface area contributed by atoms with Crippen LogP contribution in [0.4, 0.5) is 5.69 Å². The highest BCUT2D eigenvalue weighted by molar-refractivity contribution is 7.89. The summed E-state index contributed by atoms with van der Waals surface area (Å²) in [4.78, 5) is 14.2. The summed E-state index contributed by atoms with van der Waals surface area (Å²) in [7, 11) is -2.09. The summed E-state index contributed by atoms with van der Waals surface area (Å²) in [5.41, 5.74) is 0.349. The van der Waals surface area contributed by atoms with E-state index in [0.29, 0.717) is 29.4 Å². The predicted molar refractivity (Wildman–Crippen MR) is 103 cm³/mol. The van der Waals surface area contributed by atoms with E-state index in [1.807, 2.05) is 13.0 Å². The molecular formula is C18H22N2O4S2. The van der Waals surface area contributed by atoms with Crippen LogP contribution in [-0.4, -0.2) is 38.8 Å². The molecule has 0 spiro atoms. The van der Waals surface area contributed by atoms with Crippen molar-refractivity contribution in [1.82, 2.24) is 4.31 Å². The molecule has 1 amide bonds. The lowest BCUT2D eigenvalue weighted by Gasteiger charge is -2.26. The van der Waals surface area contributed by atoms with Gasteiger partial charge >= 0.3 is 0 Å². The van der Waals surface area contributed by atoms with Gasteiger partial charge in [0.1, 0.15) is 5.75 Å². The normalized spacial score (nSPS) is 15.6. The van der Waals surface area contributed by atoms with Crippen LogP contribution in [0, 0.1) is 6.92 Å². The van der Waals surface area contributed by atoms with E-state index in [4.69, 9.17) is 4.74 Å². The molecule has 0 atom stereocenters. The van der Waals surface area contributed by atoms with E-state index in [2.05, 4.69) is 5.32 Å². The number of rotatable bonds is 5. The number of carbonyl (C=O) groups is 1. The number of hydrogen-bond acceptors (Lipinski definition) is 5. The lowest BCUT2D eigenvalue weighted by molar-refractivity contribution is 0.103. The van der Waals surface area contributed by atoms with Crippen molar-refractivity contribution in [2.45, 2.75) is 31.1 Å². The third kappa shape index (κ3) is 3.92. The van der Waals surface area contributed by atoms with Crippen molar-refractivity contribution in [3.63, 3.8) is 0 Å². The third-order valence-electron chi connectivity index (χ3n) is 4.34. The van der Waals surface area contributed by atoms with E-state index in [1.54, 1.807) is 12.1 Å². The molecule has 2 aromatic rings. The first-order valence-corrected chi connectivity index (χ1v) is 10.7. The number of nitrogens with one attached hydrogen (secondary N) is 1. The highest BCUT2D eigenvalue weighted by Crippen LogP contribution is 2.30. The van der Waals surface area contributed by atoms with E-state index in [0.717, 1.165) is 24.1 Å². The molecule has 1 N–H and O–H groups in total. The fraction of sp³-hybridized carbons (Fsp3) is 0.389. The predicted octanol–water partition coefficient (Wildman–Crippen LogP) is 3.49. The van der Waals surface area contributed by atoms with Crippen LogP contribution in [0.5, 0.6) is 5.75 Å². The molecular weight excluding hydrogens is 372 g/mol. The molecule has 1 saturated heterocycles. The molecule has 1 aromatic carbocycles. The van der Waals surface area contributed by atoms with Crippen molar-refractivity contribution in [2.24, 2.45) is 0 Å². The van der Waals surface area contributed by atoms with Crippen LogP contribution in [0.15, 0.2) is 35.2 Å². The Labute approximate surface area is 157 Å². The molecule has 0 unspecified atom stereocenters. The molecule has 3 rings (SSSR count). The number of amides is 1. The Morgan fingerprint density at radius 3 is 2.50 bits per heavy atom. The highest BCUT2D eigenvalue weighted by atomic mass is 32.2. The average molecular weight is 395 g/mol. The first-order valence-electron chi connectivity index (χ1n) is 8.48. The summed E-state index contributed by atoms with van der Waals surface area (Å²) in [6.45, 7) is 2.99. The van der Waals surface area contributed by atoms with Crippen LogP contribution in [0.25, 0.3) is 0 Å². The fourth-order valence-corrected chi connectivity index (χ4v) is 5.25. The van der Waals surface area contributed by atoms with Gasteiger partial charge in [0.2, 0.25) is 10.0 Å². The summed E-state index contributed by atoms with van der Waals surface area (Å²) in [6, 6.07) is 8.19. The minimum atomic E-state index is -3.58. The molecule has 6 nitrogen and oxygen atoms in total. The molecule has 26 heavy (non-hydrogen) atoms. The van der Waals surface area contributed by atoms with Crippen molar-refractivity contribution >= 4 is 33.0 Å². The quantitative estimate of drug-likeness (QED) is 0.842. The molecule has 1 fully saturated rings. The number of methoxy groups -OCH3 is 1. The maximum atomic E-state index is 12.9. The van der Waals surface area contributed by atoms with Crippen molar-refractivity contribution < 1.29 is 17.9 Å². The number of benzene rings is 1. The number of anilines is 1. The second-order valence-corrected chi connectivity index (χ2v) is 9.42. The van der Waals surface area contributed by atoms with Gasteiger partial charge in [-0.1, -0.05) is 6.42 Å². The summed E-state index contributed by atoms with van der Waals surface area (Å²) in [5, 5.41) is 2.77. The Balaban J connectivity index is 1.90. The number of thiophene rings is 1. The first kappa shape index (κ1) is 18.9. The van der Waals surface area contributed by atoms with Gasteiger partial charge in [0.05, 0.1) is 22.6 Å². The number of sulfonamides is 1. The van der Waals surface area contributed by atoms with Crippen molar-refractivity contribution in [1.29, 1.82) is 0 Å². The van der Waals surface area contributed by atoms with Gasteiger partial charge in [-0.2, -0.15) is 4.31 Å². The zero-order chi connectivity index (χ0) is 18.7. The van der Waals surface area contributed by atoms with Crippen molar-refractivity contribution in [2.75, 3.05) is 25.5 Å². The summed E-state index contributed by atoms with van der Waals surface area (Å²) in [5.74, 6) is 0.137. The number of carbonyl (C=O) groups excluding carboxylic acids is 1. The lowest BCUT2D eigenvalue weighted by atomic mass is 10.2. The van der Waals surface area contributed by atoms with E-state index < -0.39 is 10.0 Å². The number of hydrogen-bond donors (Lipinski definition) is 1. The Kier molecular flexibility index (Phi) is 5.64. The largest absolute Gasteiger partial charge is 0.495 e. The Hall–Kier alpha value is -1.90. The fourth-order valence-electron chi connectivity index (χ4n) is 2.94. The van der Waals surface area contributed by atoms with Gasteiger partial charge in [0.15, 0.2) is 0 Å². The molecule has 1 aliphatic heterocycles. The molecule has 140 valence electrons. The van der Waals surface area contributed by atoms with Gasteiger partial charge in [-0.25, -0.2) is 8.42 Å². The zero-order valence-corrected chi connectivity index (χ0v) is 16.5. The Morgan fingerprint density at radius 1 is 1.15 bits per heavy atom. The summed E-state index contributed by atoms with van der Waals surface area (Å²) >= 11 is 1.38. The number of ether oxygens (including phenoxy) is 1. The van der Waals surface area contributed by atoms with Crippen LogP contribution >= 0.6 is 11.3 Å². The molecule has 0 radical (unpaired) electrons. The Bertz CT molecular complexity index is 900. The highest BCUT2D eigenvalue weighted by Gasteiger charge is 2.27. The second kappa shape index (κ2) is 7.77. The van der Waals surface area contributed by atoms with E-state index in [-0.39, 0.29) is 10.8 Å². The van der Waals surface area contributed by atoms with Crippen LogP contribution in [-0.2, 0) is 10.0 Å². The van der Waals surface area contributed by atoms with Crippen LogP contribution in [0.2, 0.25) is 0 Å². The minimum Gasteiger partial charge on any atom is -0.495 e. The number of nitrogens with zero attached hydrogens (tertiary/aromatic N) is 1. The van der Waals surface area contributed by atoms with E-state index >= 15 is 0 Å². The maximum Gasteiger partial charge on any atom is 0.265 e. The molecule has 0 saturated carbocycles. The summed E-state index contributed by atoms with van der Waals surface area (Å²) < 4.78 is 32.5. The number of piperidine rings is 1. The van der Waals surface area contributed by atoms with Gasteiger partial charge in [0.25, 0.3) is 5.91 Å². The van der Waals surface area contributed by atoms with Crippen LogP contribution < -0.4 is 10.1 Å². The van der Waals surface area contributed by atoms with Gasteiger partial charge in [-0.15, -0.1) is 11.3 Å². The van der Waals surface area contributed by atoms with Gasteiger partial charge in [0, 0.05) is 18.0 Å². The molecule has 1 aromatic heterocycles. The average Bonchev–Trinajstić information content (AvgIpc) is 3.09. The second-order valence-electron chi connectivity index (χ2n) is 6.19.